The van der Waals surface area contributed by atoms with Crippen LogP contribution < -0.4 is 32.3 Å². The van der Waals surface area contributed by atoms with Gasteiger partial charge in [-0.3, -0.25) is 16.5 Å². The van der Waals surface area contributed by atoms with Crippen molar-refractivity contribution in [3.8, 4) is 0 Å². The fourth-order valence-electron chi connectivity index (χ4n) is 4.28. The van der Waals surface area contributed by atoms with E-state index in [9.17, 15) is 4.79 Å². The van der Waals surface area contributed by atoms with Crippen molar-refractivity contribution in [1.29, 1.82) is 0 Å². The molecule has 0 bridgehead atoms. The van der Waals surface area contributed by atoms with Gasteiger partial charge < -0.3 is 20.7 Å². The van der Waals surface area contributed by atoms with E-state index < -0.39 is 15.8 Å². The van der Waals surface area contributed by atoms with Gasteiger partial charge in [0.15, 0.2) is 0 Å². The summed E-state index contributed by atoms with van der Waals surface area (Å²) in [7, 11) is 15.6. The van der Waals surface area contributed by atoms with E-state index in [0.717, 1.165) is 19.5 Å². The maximum atomic E-state index is 9.43. The first-order valence-electron chi connectivity index (χ1n) is 17.4. The molecule has 1 saturated heterocycles. The minimum atomic E-state index is -0.769. The summed E-state index contributed by atoms with van der Waals surface area (Å²) < 4.78 is 0. The van der Waals surface area contributed by atoms with Crippen LogP contribution in [0.4, 0.5) is 0 Å². The number of carbonyl (C=O) groups is 1. The Bertz CT molecular complexity index is 1300. The van der Waals surface area contributed by atoms with E-state index in [0.29, 0.717) is 6.08 Å². The summed E-state index contributed by atoms with van der Waals surface area (Å²) in [5.74, 6) is 0. The molecule has 0 atom stereocenters. The molecule has 1 aliphatic rings. The summed E-state index contributed by atoms with van der Waals surface area (Å²) in [6.45, 7) is 9.52. The maximum Gasteiger partial charge on any atom is 0 e. The van der Waals surface area contributed by atoms with Crippen LogP contribution in [0, 0.1) is 0 Å². The topological polar surface area (TPSA) is 150 Å². The Morgan fingerprint density at radius 1 is 0.714 bits per heavy atom. The predicted molar refractivity (Wildman–Crippen MR) is 241 cm³/mol. The molecule has 312 valence electrons. The number of nitrogens with zero attached hydrogens (tertiary/aromatic N) is 3. The third kappa shape index (κ3) is 32.6. The second-order valence-corrected chi connectivity index (χ2v) is 15.8. The predicted octanol–water partition coefficient (Wildman–Crippen LogP) is 4.53. The Kier molecular flexibility index (Phi) is 48.2. The Labute approximate surface area is 354 Å². The molecular weight excluding hydrogens is 857 g/mol. The van der Waals surface area contributed by atoms with Crippen molar-refractivity contribution in [2.45, 2.75) is 13.8 Å². The standard InChI is InChI=1S/C29H31NP2.C3H7NO.C2H3NO2.C2H7N.C2H6.CH5N.CO2.CHO.ClH.Ru.H2.H/c1-30(22-24-31(26-14-6-2-7-15-26)27-16-8-3-9-17-27)23-25-32(28-18-10-4-11-19-28)29-20-12-5-13-21-29;1-4(2)3-5;1-3-2-4-5-2;1-3-2;2*1-2;2-1-3;1-2;;;;/h2-21H,22-25H2,1H3;3H,1-2H3;1H3;3H,1-2H3;1-2H3;2H2,1H3;;1H;1H;;1H;/q;;;;;;;-1;;+3;;/p+1. The zero-order valence-corrected chi connectivity index (χ0v) is 38.8. The van der Waals surface area contributed by atoms with E-state index in [-0.39, 0.29) is 7.58 Å². The summed E-state index contributed by atoms with van der Waals surface area (Å²) in [5.41, 5.74) is 4.50. The summed E-state index contributed by atoms with van der Waals surface area (Å²) in [6.07, 6.45) is 3.84. The molecule has 1 amide bonds. The summed E-state index contributed by atoms with van der Waals surface area (Å²) in [6, 6.07) is 44.4. The van der Waals surface area contributed by atoms with Crippen LogP contribution in [0.2, 0.25) is 0 Å². The largest absolute Gasteiger partial charge is 0 e. The molecule has 15 heteroatoms. The van der Waals surface area contributed by atoms with Crippen LogP contribution in [0.15, 0.2) is 126 Å². The molecule has 1 fully saturated rings. The van der Waals surface area contributed by atoms with Gasteiger partial charge in [-0.25, -0.2) is 14.8 Å². The van der Waals surface area contributed by atoms with Gasteiger partial charge in [-0.15, -0.1) is 0 Å². The van der Waals surface area contributed by atoms with Gasteiger partial charge in [0.2, 0.25) is 6.41 Å². The van der Waals surface area contributed by atoms with E-state index in [4.69, 9.17) is 14.4 Å². The quantitative estimate of drug-likeness (QED) is 0.0553. The van der Waals surface area contributed by atoms with Crippen molar-refractivity contribution in [3.05, 3.63) is 121 Å². The van der Waals surface area contributed by atoms with Gasteiger partial charge in [0.05, 0.1) is 49.4 Å². The maximum absolute atomic E-state index is 9.43. The zero-order chi connectivity index (χ0) is 43.4. The number of benzene rings is 4. The first kappa shape index (κ1) is 59.0. The first-order valence-corrected chi connectivity index (χ1v) is 23.2. The molecule has 5 rings (SSSR count). The zero-order valence-electron chi connectivity index (χ0n) is 34.2. The van der Waals surface area contributed by atoms with Gasteiger partial charge in [-0.05, 0) is 76.7 Å². The Morgan fingerprint density at radius 3 is 1.07 bits per heavy atom. The molecule has 4 aromatic carbocycles. The van der Waals surface area contributed by atoms with Gasteiger partial charge >= 0.3 is 39.2 Å². The van der Waals surface area contributed by atoms with Crippen molar-refractivity contribution in [2.75, 3.05) is 74.7 Å². The van der Waals surface area contributed by atoms with Crippen LogP contribution in [-0.4, -0.2) is 110 Å². The molecule has 0 aromatic heterocycles. The fourth-order valence-corrected chi connectivity index (χ4v) is 9.69. The summed E-state index contributed by atoms with van der Waals surface area (Å²) in [5, 5.41) is 8.79. The molecule has 3 N–H and O–H groups in total. The number of halogens is 1. The molecule has 0 spiro atoms. The number of hydrogen-bond acceptors (Lipinski definition) is 10. The Balaban J connectivity index is -0.000000298. The van der Waals surface area contributed by atoms with Gasteiger partial charge in [0, 0.05) is 35.7 Å². The van der Waals surface area contributed by atoms with Crippen molar-refractivity contribution >= 4 is 72.2 Å². The van der Waals surface area contributed by atoms with Gasteiger partial charge in [-0.1, -0.05) is 86.6 Å². The first-order chi connectivity index (χ1) is 27.3. The summed E-state index contributed by atoms with van der Waals surface area (Å²) >= 11 is 1.62. The van der Waals surface area contributed by atoms with Crippen LogP contribution >= 0.6 is 25.5 Å². The van der Waals surface area contributed by atoms with E-state index in [1.54, 1.807) is 38.5 Å². The van der Waals surface area contributed by atoms with Gasteiger partial charge in [0.1, 0.15) is 0 Å². The van der Waals surface area contributed by atoms with Gasteiger partial charge in [0.25, 0.3) is 0 Å². The van der Waals surface area contributed by atoms with Gasteiger partial charge in [-0.2, -0.15) is 9.59 Å². The number of carbonyl (C=O) groups excluding carboxylic acids is 4. The van der Waals surface area contributed by atoms with Crippen LogP contribution in [0.1, 0.15) is 15.3 Å². The minimum absolute atomic E-state index is 0. The molecule has 56 heavy (non-hydrogen) atoms. The number of nitrogens with one attached hydrogen (secondary N) is 1. The van der Waals surface area contributed by atoms with E-state index in [1.165, 1.54) is 45.5 Å². The van der Waals surface area contributed by atoms with E-state index in [2.05, 4.69) is 176 Å². The fraction of sp³-hybridized carbons (Fsp3) is 0.317. The van der Waals surface area contributed by atoms with Crippen LogP contribution in [-0.2, 0) is 46.3 Å². The molecule has 0 unspecified atom stereocenters. The molecule has 0 saturated carbocycles. The molecule has 4 aromatic rings. The van der Waals surface area contributed by atoms with E-state index in [1.807, 2.05) is 27.9 Å². The average molecular weight is 922 g/mol. The number of aliphatic imine (C=N–C) groups is 1. The van der Waals surface area contributed by atoms with Crippen molar-refractivity contribution in [1.82, 2.24) is 15.1 Å². The summed E-state index contributed by atoms with van der Waals surface area (Å²) in [4.78, 5) is 49.1. The smallest absolute Gasteiger partial charge is 0 e. The molecule has 1 aliphatic heterocycles. The van der Waals surface area contributed by atoms with Crippen LogP contribution in [0.3, 0.4) is 0 Å². The second-order valence-electron chi connectivity index (χ2n) is 10.5. The number of amides is 1. The second kappa shape index (κ2) is 45.7. The average Bonchev–Trinajstić information content (AvgIpc) is 4.12. The van der Waals surface area contributed by atoms with E-state index >= 15 is 0 Å². The normalized spacial score (nSPS) is 9.38. The molecule has 0 radical (unpaired) electrons. The van der Waals surface area contributed by atoms with Crippen molar-refractivity contribution in [2.24, 2.45) is 10.7 Å². The molecule has 1 heterocycles. The SMILES string of the molecule is CC.CN.CN(C)C=O.CN(CC[PH+](c1ccccc1)c1ccccc1)CC[PH+](c1ccccc1)c1ccccc1.CN=C1OO1.CNC.O=C=O.[CH-]=O.[Cl][RuH+2].[HH]. The monoisotopic (exact) mass is 922 g/mol. The third-order valence-electron chi connectivity index (χ3n) is 6.53. The molecular formula is C41H65ClN5O6P2Ru+3. The number of hydrogen-bond donors (Lipinski definition) is 2. The Morgan fingerprint density at radius 2 is 0.929 bits per heavy atom. The minimum Gasteiger partial charge on any atom is 0 e. The number of rotatable bonds is 11. The number of nitrogens with two attached hydrogens (primary N) is 1. The van der Waals surface area contributed by atoms with Crippen molar-refractivity contribution < 1.29 is 47.7 Å². The molecule has 11 nitrogen and oxygen atoms in total. The van der Waals surface area contributed by atoms with Crippen LogP contribution in [0.5, 0.6) is 0 Å². The van der Waals surface area contributed by atoms with Crippen LogP contribution in [0.25, 0.3) is 0 Å². The Hall–Kier alpha value is -3.68. The third-order valence-corrected chi connectivity index (χ3v) is 12.1. The van der Waals surface area contributed by atoms with Crippen molar-refractivity contribution in [3.63, 3.8) is 0 Å². The molecule has 0 aliphatic carbocycles.